The second-order valence-corrected chi connectivity index (χ2v) is 3.71. The number of aliphatic hydroxyl groups is 1. The number of amides is 2. The van der Waals surface area contributed by atoms with Crippen LogP contribution in [-0.4, -0.2) is 53.4 Å². The number of urea groups is 1. The van der Waals surface area contributed by atoms with Crippen LogP contribution in [0, 0.1) is 0 Å². The second kappa shape index (κ2) is 8.58. The van der Waals surface area contributed by atoms with Gasteiger partial charge in [0.1, 0.15) is 6.04 Å². The summed E-state index contributed by atoms with van der Waals surface area (Å²) in [5.41, 5.74) is 0. The number of aliphatic hydroxyl groups excluding tert-OH is 1. The van der Waals surface area contributed by atoms with Gasteiger partial charge >= 0.3 is 12.0 Å². The quantitative estimate of drug-likeness (QED) is 0.426. The molecule has 0 aliphatic rings. The van der Waals surface area contributed by atoms with Gasteiger partial charge in [-0.2, -0.15) is 0 Å². The zero-order chi connectivity index (χ0) is 13.3. The van der Waals surface area contributed by atoms with Crippen molar-refractivity contribution in [3.05, 3.63) is 12.7 Å². The summed E-state index contributed by atoms with van der Waals surface area (Å²) in [4.78, 5) is 23.7. The molecule has 0 heterocycles. The summed E-state index contributed by atoms with van der Waals surface area (Å²) in [6.07, 6.45) is 3.35. The normalized spacial score (nSPS) is 11.6. The maximum atomic E-state index is 11.6. The molecule has 0 bridgehead atoms. The number of aliphatic carboxylic acids is 1. The van der Waals surface area contributed by atoms with Gasteiger partial charge in [0, 0.05) is 26.6 Å². The van der Waals surface area contributed by atoms with Crippen molar-refractivity contribution in [2.24, 2.45) is 0 Å². The lowest BCUT2D eigenvalue weighted by molar-refractivity contribution is -0.139. The molecule has 0 aromatic carbocycles. The van der Waals surface area contributed by atoms with Crippen LogP contribution in [0.3, 0.4) is 0 Å². The van der Waals surface area contributed by atoms with Gasteiger partial charge in [-0.15, -0.1) is 6.58 Å². The van der Waals surface area contributed by atoms with E-state index in [-0.39, 0.29) is 13.0 Å². The predicted octanol–water partition coefficient (Wildman–Crippen LogP) is 0.430. The maximum Gasteiger partial charge on any atom is 0.326 e. The highest BCUT2D eigenvalue weighted by Gasteiger charge is 2.20. The summed E-state index contributed by atoms with van der Waals surface area (Å²) in [6, 6.07) is -1.50. The lowest BCUT2D eigenvalue weighted by atomic mass is 10.2. The molecule has 3 N–H and O–H groups in total. The molecule has 0 spiro atoms. The Balaban J connectivity index is 4.10. The van der Waals surface area contributed by atoms with Crippen LogP contribution < -0.4 is 5.32 Å². The zero-order valence-corrected chi connectivity index (χ0v) is 10.1. The van der Waals surface area contributed by atoms with Gasteiger partial charge in [-0.3, -0.25) is 0 Å². The standard InChI is InChI=1S/C11H20N2O4/c1-3-4-5-7-13(2)11(17)12-9(6-8-14)10(15)16/h3,9,14H,1,4-8H2,2H3,(H,12,17)(H,15,16). The van der Waals surface area contributed by atoms with Crippen molar-refractivity contribution in [2.75, 3.05) is 20.2 Å². The number of allylic oxidation sites excluding steroid dienone is 1. The highest BCUT2D eigenvalue weighted by Crippen LogP contribution is 1.97. The van der Waals surface area contributed by atoms with E-state index in [1.807, 2.05) is 0 Å². The second-order valence-electron chi connectivity index (χ2n) is 3.71. The molecule has 0 fully saturated rings. The number of hydrogen-bond donors (Lipinski definition) is 3. The van der Waals surface area contributed by atoms with Crippen LogP contribution in [0.5, 0.6) is 0 Å². The first kappa shape index (κ1) is 15.4. The Kier molecular flexibility index (Phi) is 7.79. The van der Waals surface area contributed by atoms with E-state index >= 15 is 0 Å². The number of hydrogen-bond acceptors (Lipinski definition) is 3. The molecule has 0 aliphatic heterocycles. The van der Waals surface area contributed by atoms with Crippen LogP contribution in [0.15, 0.2) is 12.7 Å². The molecule has 0 saturated heterocycles. The molecule has 1 unspecified atom stereocenters. The fourth-order valence-corrected chi connectivity index (χ4v) is 1.22. The van der Waals surface area contributed by atoms with Crippen LogP contribution >= 0.6 is 0 Å². The smallest absolute Gasteiger partial charge is 0.326 e. The third kappa shape index (κ3) is 6.57. The van der Waals surface area contributed by atoms with Crippen molar-refractivity contribution in [3.8, 4) is 0 Å². The first-order chi connectivity index (χ1) is 8.02. The Labute approximate surface area is 101 Å². The fraction of sp³-hybridized carbons (Fsp3) is 0.636. The van der Waals surface area contributed by atoms with E-state index in [2.05, 4.69) is 11.9 Å². The summed E-state index contributed by atoms with van der Waals surface area (Å²) < 4.78 is 0. The molecule has 0 saturated carbocycles. The van der Waals surface area contributed by atoms with Crippen LogP contribution in [-0.2, 0) is 4.79 Å². The minimum atomic E-state index is -1.15. The molecular formula is C11H20N2O4. The van der Waals surface area contributed by atoms with E-state index in [4.69, 9.17) is 10.2 Å². The van der Waals surface area contributed by atoms with Gasteiger partial charge in [-0.1, -0.05) is 6.08 Å². The van der Waals surface area contributed by atoms with Crippen LogP contribution in [0.4, 0.5) is 4.79 Å². The van der Waals surface area contributed by atoms with Crippen molar-refractivity contribution >= 4 is 12.0 Å². The topological polar surface area (TPSA) is 89.9 Å². The average Bonchev–Trinajstić information content (AvgIpc) is 2.28. The van der Waals surface area contributed by atoms with Gasteiger partial charge in [-0.05, 0) is 12.8 Å². The van der Waals surface area contributed by atoms with Crippen LogP contribution in [0.2, 0.25) is 0 Å². The van der Waals surface area contributed by atoms with Gasteiger partial charge in [0.2, 0.25) is 0 Å². The third-order valence-corrected chi connectivity index (χ3v) is 2.26. The molecule has 6 heteroatoms. The molecule has 0 aliphatic carbocycles. The van der Waals surface area contributed by atoms with Gasteiger partial charge in [0.15, 0.2) is 0 Å². The Morgan fingerprint density at radius 1 is 1.53 bits per heavy atom. The Bertz CT molecular complexity index is 268. The van der Waals surface area contributed by atoms with E-state index in [1.54, 1.807) is 13.1 Å². The van der Waals surface area contributed by atoms with E-state index in [1.165, 1.54) is 4.90 Å². The van der Waals surface area contributed by atoms with E-state index in [0.29, 0.717) is 6.54 Å². The molecule has 0 radical (unpaired) electrons. The molecule has 0 aromatic heterocycles. The largest absolute Gasteiger partial charge is 0.480 e. The number of unbranched alkanes of at least 4 members (excludes halogenated alkanes) is 1. The lowest BCUT2D eigenvalue weighted by Gasteiger charge is -2.20. The highest BCUT2D eigenvalue weighted by atomic mass is 16.4. The van der Waals surface area contributed by atoms with Crippen molar-refractivity contribution < 1.29 is 19.8 Å². The number of nitrogens with zero attached hydrogens (tertiary/aromatic N) is 1. The Morgan fingerprint density at radius 2 is 2.18 bits per heavy atom. The number of carbonyl (C=O) groups excluding carboxylic acids is 1. The SMILES string of the molecule is C=CCCCN(C)C(=O)NC(CCO)C(=O)O. The minimum absolute atomic E-state index is 0.00156. The van der Waals surface area contributed by atoms with Crippen molar-refractivity contribution in [1.82, 2.24) is 10.2 Å². The van der Waals surface area contributed by atoms with Gasteiger partial charge in [0.25, 0.3) is 0 Å². The molecule has 0 aromatic rings. The molecule has 0 rings (SSSR count). The number of carboxylic acid groups (broad SMARTS) is 1. The molecule has 98 valence electrons. The summed E-state index contributed by atoms with van der Waals surface area (Å²) in [5, 5.41) is 19.8. The third-order valence-electron chi connectivity index (χ3n) is 2.26. The monoisotopic (exact) mass is 244 g/mol. The van der Waals surface area contributed by atoms with Gasteiger partial charge in [-0.25, -0.2) is 9.59 Å². The molecule has 17 heavy (non-hydrogen) atoms. The molecular weight excluding hydrogens is 224 g/mol. The number of carbonyl (C=O) groups is 2. The molecule has 1 atom stereocenters. The highest BCUT2D eigenvalue weighted by molar-refractivity contribution is 5.82. The van der Waals surface area contributed by atoms with Crippen LogP contribution in [0.1, 0.15) is 19.3 Å². The summed E-state index contributed by atoms with van der Waals surface area (Å²) in [5.74, 6) is -1.15. The Morgan fingerprint density at radius 3 is 2.65 bits per heavy atom. The number of nitrogens with one attached hydrogen (secondary N) is 1. The first-order valence-corrected chi connectivity index (χ1v) is 5.49. The number of carboxylic acids is 1. The van der Waals surface area contributed by atoms with Crippen molar-refractivity contribution in [2.45, 2.75) is 25.3 Å². The zero-order valence-electron chi connectivity index (χ0n) is 10.1. The fourth-order valence-electron chi connectivity index (χ4n) is 1.22. The average molecular weight is 244 g/mol. The first-order valence-electron chi connectivity index (χ1n) is 5.49. The maximum absolute atomic E-state index is 11.6. The van der Waals surface area contributed by atoms with Crippen molar-refractivity contribution in [3.63, 3.8) is 0 Å². The van der Waals surface area contributed by atoms with Gasteiger partial charge in [0.05, 0.1) is 0 Å². The minimum Gasteiger partial charge on any atom is -0.480 e. The van der Waals surface area contributed by atoms with E-state index < -0.39 is 18.0 Å². The van der Waals surface area contributed by atoms with Crippen molar-refractivity contribution in [1.29, 1.82) is 0 Å². The number of rotatable bonds is 8. The summed E-state index contributed by atoms with van der Waals surface area (Å²) in [6.45, 7) is 3.82. The summed E-state index contributed by atoms with van der Waals surface area (Å²) in [7, 11) is 1.59. The molecule has 6 nitrogen and oxygen atoms in total. The van der Waals surface area contributed by atoms with E-state index in [9.17, 15) is 9.59 Å². The van der Waals surface area contributed by atoms with E-state index in [0.717, 1.165) is 12.8 Å². The summed E-state index contributed by atoms with van der Waals surface area (Å²) >= 11 is 0. The van der Waals surface area contributed by atoms with Gasteiger partial charge < -0.3 is 20.4 Å². The Hall–Kier alpha value is -1.56. The predicted molar refractivity (Wildman–Crippen MR) is 63.7 cm³/mol. The molecule has 2 amide bonds. The lowest BCUT2D eigenvalue weighted by Crippen LogP contribution is -2.47. The van der Waals surface area contributed by atoms with Crippen LogP contribution in [0.25, 0.3) is 0 Å².